The molecule has 33 heavy (non-hydrogen) atoms. The van der Waals surface area contributed by atoms with E-state index in [9.17, 15) is 13.2 Å². The van der Waals surface area contributed by atoms with Gasteiger partial charge in [0.2, 0.25) is 15.9 Å². The third kappa shape index (κ3) is 5.18. The summed E-state index contributed by atoms with van der Waals surface area (Å²) in [5, 5.41) is 0. The predicted octanol–water partition coefficient (Wildman–Crippen LogP) is 3.84. The van der Waals surface area contributed by atoms with E-state index in [4.69, 9.17) is 4.74 Å². The van der Waals surface area contributed by atoms with Gasteiger partial charge in [0, 0.05) is 24.7 Å². The minimum absolute atomic E-state index is 0.0465. The van der Waals surface area contributed by atoms with E-state index in [0.29, 0.717) is 24.1 Å². The van der Waals surface area contributed by atoms with Gasteiger partial charge in [0.05, 0.1) is 18.8 Å². The average Bonchev–Trinajstić information content (AvgIpc) is 3.33. The van der Waals surface area contributed by atoms with Crippen LogP contribution in [0.4, 0.5) is 5.69 Å². The minimum atomic E-state index is -3.68. The van der Waals surface area contributed by atoms with E-state index in [1.807, 2.05) is 36.1 Å². The maximum Gasteiger partial charge on any atom is 0.242 e. The highest BCUT2D eigenvalue weighted by molar-refractivity contribution is 7.89. The number of carbonyl (C=O) groups is 1. The van der Waals surface area contributed by atoms with Crippen LogP contribution in [-0.4, -0.2) is 43.3 Å². The van der Waals surface area contributed by atoms with E-state index >= 15 is 0 Å². The molecule has 0 spiro atoms. The van der Waals surface area contributed by atoms with Crippen LogP contribution in [0.15, 0.2) is 47.4 Å². The molecule has 0 atom stereocenters. The van der Waals surface area contributed by atoms with Crippen molar-refractivity contribution in [1.29, 1.82) is 0 Å². The first-order valence-corrected chi connectivity index (χ1v) is 13.3. The summed E-state index contributed by atoms with van der Waals surface area (Å²) < 4.78 is 41.9. The highest BCUT2D eigenvalue weighted by Crippen LogP contribution is 2.32. The summed E-state index contributed by atoms with van der Waals surface area (Å²) in [4.78, 5) is 15.1. The third-order valence-electron chi connectivity index (χ3n) is 6.26. The SMILES string of the molecule is CCN(C(=O)C1CCC(CNS(=O)(=O)c2cccc3nsnc23)CC1)c1ccc(OC)cc1. The van der Waals surface area contributed by atoms with Crippen molar-refractivity contribution < 1.29 is 17.9 Å². The lowest BCUT2D eigenvalue weighted by molar-refractivity contribution is -0.123. The zero-order valence-electron chi connectivity index (χ0n) is 18.7. The lowest BCUT2D eigenvalue weighted by atomic mass is 9.81. The number of anilines is 1. The fourth-order valence-corrected chi connectivity index (χ4v) is 6.25. The molecule has 1 aliphatic rings. The van der Waals surface area contributed by atoms with Crippen molar-refractivity contribution in [2.75, 3.05) is 25.1 Å². The standard InChI is InChI=1S/C23H28N4O4S2/c1-3-27(18-11-13-19(31-2)14-12-18)23(28)17-9-7-16(8-10-17)15-24-33(29,30)21-6-4-5-20-22(21)26-32-25-20/h4-6,11-14,16-17,24H,3,7-10,15H2,1-2H3. The van der Waals surface area contributed by atoms with Crippen molar-refractivity contribution in [3.63, 3.8) is 0 Å². The Morgan fingerprint density at radius 1 is 1.12 bits per heavy atom. The molecule has 2 aromatic carbocycles. The van der Waals surface area contributed by atoms with Crippen molar-refractivity contribution in [3.05, 3.63) is 42.5 Å². The molecule has 3 aromatic rings. The van der Waals surface area contributed by atoms with Crippen molar-refractivity contribution in [2.45, 2.75) is 37.5 Å². The van der Waals surface area contributed by atoms with Gasteiger partial charge in [0.15, 0.2) is 0 Å². The van der Waals surface area contributed by atoms with Crippen molar-refractivity contribution in [2.24, 2.45) is 11.8 Å². The van der Waals surface area contributed by atoms with Crippen LogP contribution in [0, 0.1) is 11.8 Å². The number of hydrogen-bond acceptors (Lipinski definition) is 7. The van der Waals surface area contributed by atoms with Gasteiger partial charge in [-0.1, -0.05) is 6.07 Å². The lowest BCUT2D eigenvalue weighted by Crippen LogP contribution is -2.39. The summed E-state index contributed by atoms with van der Waals surface area (Å²) in [5.74, 6) is 1.04. The van der Waals surface area contributed by atoms with Crippen LogP contribution in [0.2, 0.25) is 0 Å². The topological polar surface area (TPSA) is 101 Å². The Hall–Kier alpha value is -2.56. The van der Waals surface area contributed by atoms with Crippen molar-refractivity contribution in [3.8, 4) is 5.75 Å². The summed E-state index contributed by atoms with van der Waals surface area (Å²) in [6, 6.07) is 12.5. The molecule has 0 unspecified atom stereocenters. The first-order chi connectivity index (χ1) is 15.9. The summed E-state index contributed by atoms with van der Waals surface area (Å²) in [6.07, 6.45) is 3.12. The van der Waals surface area contributed by atoms with Gasteiger partial charge in [-0.2, -0.15) is 8.75 Å². The second kappa shape index (κ2) is 10.1. The molecule has 1 aliphatic carbocycles. The maximum absolute atomic E-state index is 13.2. The van der Waals surface area contributed by atoms with Crippen LogP contribution >= 0.6 is 11.7 Å². The number of nitrogens with one attached hydrogen (secondary N) is 1. The number of rotatable bonds is 8. The fourth-order valence-electron chi connectivity index (χ4n) is 4.37. The summed E-state index contributed by atoms with van der Waals surface area (Å²) >= 11 is 1.00. The van der Waals surface area contributed by atoms with Crippen LogP contribution in [0.25, 0.3) is 11.0 Å². The first-order valence-electron chi connectivity index (χ1n) is 11.1. The molecule has 10 heteroatoms. The Labute approximate surface area is 198 Å². The van der Waals surface area contributed by atoms with Gasteiger partial charge in [-0.05, 0) is 74.9 Å². The zero-order valence-corrected chi connectivity index (χ0v) is 20.4. The molecule has 0 saturated heterocycles. The fraction of sp³-hybridized carbons (Fsp3) is 0.435. The largest absolute Gasteiger partial charge is 0.497 e. The number of hydrogen-bond donors (Lipinski definition) is 1. The number of sulfonamides is 1. The molecule has 0 aliphatic heterocycles. The number of nitrogens with zero attached hydrogens (tertiary/aromatic N) is 3. The molecule has 0 radical (unpaired) electrons. The second-order valence-electron chi connectivity index (χ2n) is 8.24. The van der Waals surface area contributed by atoms with Crippen LogP contribution < -0.4 is 14.4 Å². The van der Waals surface area contributed by atoms with Gasteiger partial charge in [-0.25, -0.2) is 13.1 Å². The molecule has 1 N–H and O–H groups in total. The van der Waals surface area contributed by atoms with Gasteiger partial charge in [-0.3, -0.25) is 4.79 Å². The number of ether oxygens (including phenoxy) is 1. The van der Waals surface area contributed by atoms with E-state index in [1.165, 1.54) is 0 Å². The maximum atomic E-state index is 13.2. The van der Waals surface area contributed by atoms with Gasteiger partial charge in [0.1, 0.15) is 21.7 Å². The summed E-state index contributed by atoms with van der Waals surface area (Å²) in [7, 11) is -2.06. The zero-order chi connectivity index (χ0) is 23.4. The molecule has 1 amide bonds. The Kier molecular flexibility index (Phi) is 7.26. The normalized spacial score (nSPS) is 18.8. The smallest absolute Gasteiger partial charge is 0.242 e. The third-order valence-corrected chi connectivity index (χ3v) is 8.26. The van der Waals surface area contributed by atoms with Crippen LogP contribution in [0.3, 0.4) is 0 Å². The van der Waals surface area contributed by atoms with Crippen molar-refractivity contribution >= 4 is 44.4 Å². The van der Waals surface area contributed by atoms with E-state index in [0.717, 1.165) is 48.8 Å². The summed E-state index contributed by atoms with van der Waals surface area (Å²) in [5.41, 5.74) is 1.85. The number of fused-ring (bicyclic) bond motifs is 1. The van der Waals surface area contributed by atoms with Gasteiger partial charge >= 0.3 is 0 Å². The average molecular weight is 489 g/mol. The molecule has 1 saturated carbocycles. The minimum Gasteiger partial charge on any atom is -0.497 e. The van der Waals surface area contributed by atoms with Gasteiger partial charge in [-0.15, -0.1) is 0 Å². The van der Waals surface area contributed by atoms with E-state index < -0.39 is 10.0 Å². The van der Waals surface area contributed by atoms with E-state index in [1.54, 1.807) is 25.3 Å². The molecule has 8 nitrogen and oxygen atoms in total. The molecular weight excluding hydrogens is 460 g/mol. The van der Waals surface area contributed by atoms with Crippen LogP contribution in [-0.2, 0) is 14.8 Å². The number of amides is 1. The van der Waals surface area contributed by atoms with E-state index in [2.05, 4.69) is 13.5 Å². The van der Waals surface area contributed by atoms with Crippen LogP contribution in [0.5, 0.6) is 5.75 Å². The van der Waals surface area contributed by atoms with E-state index in [-0.39, 0.29) is 22.6 Å². The number of benzene rings is 2. The molecule has 176 valence electrons. The van der Waals surface area contributed by atoms with Gasteiger partial charge < -0.3 is 9.64 Å². The Balaban J connectivity index is 1.33. The second-order valence-corrected chi connectivity index (χ2v) is 10.5. The van der Waals surface area contributed by atoms with Gasteiger partial charge in [0.25, 0.3) is 0 Å². The Morgan fingerprint density at radius 2 is 1.85 bits per heavy atom. The Morgan fingerprint density at radius 3 is 2.52 bits per heavy atom. The Bertz CT molecular complexity index is 1200. The number of carbonyl (C=O) groups excluding carboxylic acids is 1. The monoisotopic (exact) mass is 488 g/mol. The molecule has 0 bridgehead atoms. The first kappa shape index (κ1) is 23.6. The number of aromatic nitrogens is 2. The van der Waals surface area contributed by atoms with Crippen molar-refractivity contribution in [1.82, 2.24) is 13.5 Å². The van der Waals surface area contributed by atoms with Crippen LogP contribution in [0.1, 0.15) is 32.6 Å². The quantitative estimate of drug-likeness (QED) is 0.517. The number of methoxy groups -OCH3 is 1. The molecule has 4 rings (SSSR count). The predicted molar refractivity (Wildman–Crippen MR) is 129 cm³/mol. The highest BCUT2D eigenvalue weighted by atomic mass is 32.2. The lowest BCUT2D eigenvalue weighted by Gasteiger charge is -2.32. The summed E-state index contributed by atoms with van der Waals surface area (Å²) in [6.45, 7) is 2.93. The molecule has 1 aromatic heterocycles. The molecule has 1 fully saturated rings. The molecule has 1 heterocycles. The highest BCUT2D eigenvalue weighted by Gasteiger charge is 2.30. The molecular formula is C23H28N4O4S2.